The third-order valence-corrected chi connectivity index (χ3v) is 44.3. The van der Waals surface area contributed by atoms with E-state index >= 15 is 0 Å². The van der Waals surface area contributed by atoms with Crippen molar-refractivity contribution in [2.45, 2.75) is 277 Å². The van der Waals surface area contributed by atoms with Gasteiger partial charge in [0.15, 0.2) is 0 Å². The van der Waals surface area contributed by atoms with Gasteiger partial charge in [0.25, 0.3) is 0 Å². The smallest absolute Gasteiger partial charge is 0.147 e. The Labute approximate surface area is 850 Å². The maximum absolute atomic E-state index is 3.69. The van der Waals surface area contributed by atoms with Crippen LogP contribution in [-0.4, -0.2) is 95.3 Å². The zero-order chi connectivity index (χ0) is 97.8. The van der Waals surface area contributed by atoms with Crippen molar-refractivity contribution in [3.8, 4) is 0 Å². The van der Waals surface area contributed by atoms with E-state index in [0.29, 0.717) is 166 Å². The summed E-state index contributed by atoms with van der Waals surface area (Å²) in [7, 11) is -0.678. The Morgan fingerprint density at radius 1 is 0.255 bits per heavy atom. The Morgan fingerprint density at radius 2 is 0.474 bits per heavy atom. The number of hydrogen-bond acceptors (Lipinski definition) is 6. The van der Waals surface area contributed by atoms with Crippen LogP contribution in [-0.2, 0) is 16.2 Å². The molecule has 12 heteroatoms. The number of halogens is 2. The Kier molecular flexibility index (Phi) is 26.1. The lowest BCUT2D eigenvalue weighted by atomic mass is 9.81. The van der Waals surface area contributed by atoms with Crippen molar-refractivity contribution < 1.29 is 0 Å². The van der Waals surface area contributed by atoms with E-state index in [9.17, 15) is 0 Å². The van der Waals surface area contributed by atoms with E-state index in [4.69, 9.17) is 0 Å². The topological polar surface area (TPSA) is 19.4 Å². The lowest BCUT2D eigenvalue weighted by Crippen LogP contribution is -2.52. The van der Waals surface area contributed by atoms with E-state index in [0.717, 1.165) is 11.8 Å². The fourth-order valence-electron chi connectivity index (χ4n) is 31.0. The van der Waals surface area contributed by atoms with E-state index in [2.05, 4.69) is 519 Å². The van der Waals surface area contributed by atoms with Crippen LogP contribution in [0.25, 0.3) is 0 Å². The van der Waals surface area contributed by atoms with Gasteiger partial charge in [-0.15, -0.1) is 0 Å². The van der Waals surface area contributed by atoms with E-state index in [1.165, 1.54) is 83.2 Å². The fraction of sp³-hybridized carbons (Fsp3) is 0.520. The summed E-state index contributed by atoms with van der Waals surface area (Å²) >= 11 is 7.33. The molecule has 0 radical (unpaired) electrons. The molecule has 0 amide bonds. The second kappa shape index (κ2) is 36.3. The maximum atomic E-state index is 3.69. The molecule has 6 nitrogen and oxygen atoms in total. The zero-order valence-corrected chi connectivity index (χ0v) is 96.1. The van der Waals surface area contributed by atoms with Gasteiger partial charge in [0.2, 0.25) is 0 Å². The molecule has 18 aliphatic rings. The van der Waals surface area contributed by atoms with Crippen molar-refractivity contribution in [3.05, 3.63) is 320 Å². The van der Waals surface area contributed by atoms with Crippen LogP contribution >= 0.6 is 31.9 Å². The molecule has 0 saturated heterocycles. The van der Waals surface area contributed by atoms with Crippen LogP contribution < -0.4 is 28.7 Å². The molecule has 6 fully saturated rings. The Morgan fingerprint density at radius 3 is 0.781 bits per heavy atom. The highest BCUT2D eigenvalue weighted by molar-refractivity contribution is 9.10. The van der Waals surface area contributed by atoms with Crippen LogP contribution in [0.3, 0.4) is 0 Å². The zero-order valence-electron chi connectivity index (χ0n) is 88.9. The Hall–Kier alpha value is -7.17. The molecule has 137 heavy (non-hydrogen) atoms. The number of hydrogen-bond donors (Lipinski definition) is 0. The molecular formula is C125H166Br2N6Si4. The molecule has 30 unspecified atom stereocenters. The van der Waals surface area contributed by atoms with Gasteiger partial charge in [-0.05, 0) is 205 Å². The monoisotopic (exact) mass is 2020 g/mol. The predicted molar refractivity (Wildman–Crippen MR) is 610 cm³/mol. The van der Waals surface area contributed by atoms with Gasteiger partial charge in [-0.25, -0.2) is 0 Å². The van der Waals surface area contributed by atoms with Crippen molar-refractivity contribution in [1.82, 2.24) is 0 Å². The summed E-state index contributed by atoms with van der Waals surface area (Å²) in [6.45, 7) is 68.0. The third kappa shape index (κ3) is 17.4. The van der Waals surface area contributed by atoms with Crippen LogP contribution in [0.5, 0.6) is 0 Å². The second-order valence-corrected chi connectivity index (χ2v) is 75.4. The average molecular weight is 2020 g/mol. The number of benzene rings is 6. The molecule has 12 aliphatic carbocycles. The van der Waals surface area contributed by atoms with E-state index in [-0.39, 0.29) is 16.2 Å². The molecular weight excluding hydrogens is 1860 g/mol. The van der Waals surface area contributed by atoms with Gasteiger partial charge in [-0.3, -0.25) is 0 Å². The third-order valence-electron chi connectivity index (χ3n) is 36.8. The van der Waals surface area contributed by atoms with Crippen LogP contribution in [0.4, 0.5) is 34.1 Å². The fourth-order valence-corrected chi connectivity index (χ4v) is 38.9. The highest BCUT2D eigenvalue weighted by Gasteiger charge is 2.62. The number of fused-ring (bicyclic) bond motifs is 30. The first-order valence-electron chi connectivity index (χ1n) is 53.3. The van der Waals surface area contributed by atoms with Gasteiger partial charge in [0.1, 0.15) is 16.5 Å². The number of nitrogens with zero attached hydrogens (tertiary/aromatic N) is 6. The Balaban J connectivity index is 0.000000105. The summed E-state index contributed by atoms with van der Waals surface area (Å²) in [6, 6.07) is 46.7. The van der Waals surface area contributed by atoms with Gasteiger partial charge in [0, 0.05) is 177 Å². The average Bonchev–Trinajstić information content (AvgIpc) is 1.54. The summed E-state index contributed by atoms with van der Waals surface area (Å²) in [4.78, 5) is 10.7. The predicted octanol–water partition coefficient (Wildman–Crippen LogP) is 32.2. The number of anilines is 6. The Bertz CT molecular complexity index is 5980. The minimum absolute atomic E-state index is 0.213. The number of aryl methyl sites for hydroxylation is 1. The van der Waals surface area contributed by atoms with Crippen molar-refractivity contribution in [2.75, 3.05) is 55.2 Å². The second-order valence-electron chi connectivity index (χ2n) is 53.0. The van der Waals surface area contributed by atoms with Crippen molar-refractivity contribution in [3.63, 3.8) is 0 Å². The number of allylic oxidation sites excluding steroid dienone is 18. The summed E-state index contributed by atoms with van der Waals surface area (Å²) in [5.74, 6) is 16.6. The molecule has 6 heterocycles. The standard InChI is InChI=1S/C24H35NSi.C23H33NSi.C21H29NSi.C21H27N.C19H24BrNSi.C17H18BrN/c1-16-18-10-8-9-11-19(18)23-22(16)20-14-17(24(2,3)4)12-13-21(20)25(23)15-26(5,6)7;1-15-17-10-8-9-11-18(17)22-21(15)19-14-16(23(2,3)4)12-13-20(19)24(22)25(5,6)7;1-14-10-11-19-18(12-14)20-15(2)16-8-6-7-9-17(16)21(20)22(19)13-23(3,4)5;1-13-15-8-6-7-9-16(15)20-19(13)17-12-14(21(2,3)4)10-11-18(17)22(20)5;1-12-14-7-5-6-8-15(14)19-18(12)16-11-13(20)9-10-17(16)21(19)22(2,3)4;1-10-12-5-3-4-6-13(12)17-16(10)14-9-11(18)7-8-15(14)19(17)2/h8-14,16,18-19,22-23H,15H2,1-7H3;8-15,17-18,21-22H,1-7H3;6-12,15-17,20-21H,13H2,1-5H3;6-13,15-16,19-20H,1-5H3;5-12,14-15,18-19H,1-4H3;3-10,12-13,16-17H,1-2H3. The van der Waals surface area contributed by atoms with Crippen molar-refractivity contribution in [1.29, 1.82) is 0 Å². The summed E-state index contributed by atoms with van der Waals surface area (Å²) < 4.78 is 8.14. The first-order chi connectivity index (χ1) is 64.5. The van der Waals surface area contributed by atoms with Crippen molar-refractivity contribution >= 4 is 98.6 Å². The largest absolute Gasteiger partial charge is 0.394 e. The molecule has 0 spiro atoms. The molecule has 0 N–H and O–H groups in total. The molecule has 6 aliphatic heterocycles. The normalized spacial score (nSPS) is 34.8. The summed E-state index contributed by atoms with van der Waals surface area (Å²) in [5, 5.41) is 0. The minimum Gasteiger partial charge on any atom is -0.394 e. The van der Waals surface area contributed by atoms with Gasteiger partial charge in [-0.2, -0.15) is 0 Å². The lowest BCUT2D eigenvalue weighted by Gasteiger charge is -2.41. The van der Waals surface area contributed by atoms with Gasteiger partial charge < -0.3 is 28.7 Å². The van der Waals surface area contributed by atoms with E-state index < -0.39 is 32.6 Å². The van der Waals surface area contributed by atoms with Crippen LogP contribution in [0.1, 0.15) is 195 Å². The highest BCUT2D eigenvalue weighted by atomic mass is 79.9. The number of likely N-dealkylation sites (N-methyl/N-ethyl adjacent to an activating group) is 2. The molecule has 30 atom stereocenters. The minimum atomic E-state index is -1.46. The van der Waals surface area contributed by atoms with Crippen LogP contribution in [0, 0.1) is 113 Å². The molecule has 6 aromatic rings. The van der Waals surface area contributed by atoms with Gasteiger partial charge in [-0.1, -0.05) is 414 Å². The quantitative estimate of drug-likeness (QED) is 0.154. The first kappa shape index (κ1) is 98.6. The SMILES string of the molecule is CC1C2C=CC=CC2C2C1c1cc(Br)ccc1N2C.CC1C2C=CC=CC2C2C1c1cc(Br)ccc1N2[Si](C)(C)C.CC1C2C=CC=CC2C2C1c1cc(C(C)(C)C)ccc1N2C.CC1C2C=CC=CC2C2C1c1cc(C(C)(C)C)ccc1N2C[Si](C)(C)C.CC1C2C=CC=CC2C2C1c1cc(C(C)(C)C)ccc1N2[Si](C)(C)C.Cc1ccc2c(c1)C1C(C)C3C=CC=CC3C1N2C[Si](C)(C)C. The molecule has 726 valence electrons. The van der Waals surface area contributed by atoms with Crippen molar-refractivity contribution in [2.24, 2.45) is 107 Å². The maximum Gasteiger partial charge on any atom is 0.147 e. The molecule has 0 aromatic heterocycles. The van der Waals surface area contributed by atoms with Crippen LogP contribution in [0.2, 0.25) is 78.6 Å². The molecule has 24 rings (SSSR count). The molecule has 0 bridgehead atoms. The summed E-state index contributed by atoms with van der Waals surface area (Å²) in [6.07, 6.45) is 59.2. The number of rotatable bonds is 6. The molecule has 6 saturated carbocycles. The van der Waals surface area contributed by atoms with E-state index in [1.807, 2.05) is 0 Å². The lowest BCUT2D eigenvalue weighted by molar-refractivity contribution is 0.428. The van der Waals surface area contributed by atoms with Crippen LogP contribution in [0.15, 0.2) is 264 Å². The first-order valence-corrected chi connectivity index (χ1v) is 69.2. The van der Waals surface area contributed by atoms with Gasteiger partial charge in [0.05, 0.1) is 16.1 Å². The molecule has 6 aromatic carbocycles. The van der Waals surface area contributed by atoms with E-state index in [1.54, 1.807) is 27.8 Å². The highest BCUT2D eigenvalue weighted by Crippen LogP contribution is 2.66. The summed E-state index contributed by atoms with van der Waals surface area (Å²) in [5.41, 5.74) is 25.0. The van der Waals surface area contributed by atoms with Gasteiger partial charge >= 0.3 is 0 Å².